The van der Waals surface area contributed by atoms with Gasteiger partial charge in [0.05, 0.1) is 24.3 Å². The van der Waals surface area contributed by atoms with E-state index in [9.17, 15) is 9.90 Å². The Hall–Kier alpha value is -2.14. The Balaban J connectivity index is 1.53. The molecule has 0 bridgehead atoms. The van der Waals surface area contributed by atoms with E-state index in [-0.39, 0.29) is 12.3 Å². The minimum absolute atomic E-state index is 0.140. The minimum Gasteiger partial charge on any atom is -0.444 e. The Morgan fingerprint density at radius 3 is 2.67 bits per heavy atom. The van der Waals surface area contributed by atoms with Crippen LogP contribution in [-0.2, 0) is 11.3 Å². The number of aryl methyl sites for hydroxylation is 1. The predicted octanol–water partition coefficient (Wildman–Crippen LogP) is 3.35. The Labute approximate surface area is 142 Å². The molecule has 1 aromatic carbocycles. The lowest BCUT2D eigenvalue weighted by Crippen LogP contribution is -2.38. The fraction of sp³-hybridized carbons (Fsp3) is 0.474. The number of nitrogens with zero attached hydrogens (tertiary/aromatic N) is 1. The van der Waals surface area contributed by atoms with Crippen LogP contribution in [0.1, 0.15) is 49.8 Å². The molecule has 1 aliphatic rings. The highest BCUT2D eigenvalue weighted by Gasteiger charge is 2.31. The van der Waals surface area contributed by atoms with Crippen LogP contribution < -0.4 is 5.32 Å². The summed E-state index contributed by atoms with van der Waals surface area (Å²) in [5.74, 6) is 0.407. The summed E-state index contributed by atoms with van der Waals surface area (Å²) in [6.07, 6.45) is 6.27. The highest BCUT2D eigenvalue weighted by Crippen LogP contribution is 2.30. The van der Waals surface area contributed by atoms with Crippen LogP contribution in [0.3, 0.4) is 0 Å². The number of rotatable bonds is 5. The molecular formula is C19H24N2O3. The zero-order valence-corrected chi connectivity index (χ0v) is 14.0. The van der Waals surface area contributed by atoms with Gasteiger partial charge in [-0.1, -0.05) is 37.0 Å². The number of nitrogens with one attached hydrogen (secondary N) is 1. The van der Waals surface area contributed by atoms with Gasteiger partial charge in [-0.15, -0.1) is 0 Å². The average molecular weight is 328 g/mol. The molecular weight excluding hydrogens is 304 g/mol. The number of oxazole rings is 1. The summed E-state index contributed by atoms with van der Waals surface area (Å²) in [4.78, 5) is 16.5. The molecule has 1 heterocycles. The van der Waals surface area contributed by atoms with Crippen LogP contribution in [0.25, 0.3) is 11.5 Å². The fourth-order valence-electron chi connectivity index (χ4n) is 3.15. The van der Waals surface area contributed by atoms with Crippen molar-refractivity contribution in [1.29, 1.82) is 0 Å². The summed E-state index contributed by atoms with van der Waals surface area (Å²) < 4.78 is 5.48. The van der Waals surface area contributed by atoms with Gasteiger partial charge in [0.1, 0.15) is 6.26 Å². The molecule has 1 saturated carbocycles. The van der Waals surface area contributed by atoms with Crippen molar-refractivity contribution in [3.05, 3.63) is 41.8 Å². The molecule has 1 amide bonds. The first kappa shape index (κ1) is 16.7. The Kier molecular flexibility index (Phi) is 5.00. The fourth-order valence-corrected chi connectivity index (χ4v) is 3.15. The first-order chi connectivity index (χ1) is 11.5. The Bertz CT molecular complexity index is 685. The molecule has 0 radical (unpaired) electrons. The summed E-state index contributed by atoms with van der Waals surface area (Å²) in [6.45, 7) is 2.34. The molecule has 1 aromatic heterocycles. The second-order valence-electron chi connectivity index (χ2n) is 6.75. The number of hydrogen-bond donors (Lipinski definition) is 2. The monoisotopic (exact) mass is 328 g/mol. The molecule has 128 valence electrons. The summed E-state index contributed by atoms with van der Waals surface area (Å²) >= 11 is 0. The van der Waals surface area contributed by atoms with Crippen molar-refractivity contribution in [1.82, 2.24) is 10.3 Å². The van der Waals surface area contributed by atoms with Crippen molar-refractivity contribution < 1.29 is 14.3 Å². The third-order valence-corrected chi connectivity index (χ3v) is 4.59. The average Bonchev–Trinajstić information content (AvgIpc) is 3.03. The molecule has 5 nitrogen and oxygen atoms in total. The van der Waals surface area contributed by atoms with Gasteiger partial charge >= 0.3 is 0 Å². The number of aromatic nitrogens is 1. The van der Waals surface area contributed by atoms with Crippen molar-refractivity contribution in [3.8, 4) is 11.5 Å². The molecule has 2 aromatic rings. The van der Waals surface area contributed by atoms with Crippen LogP contribution in [-0.4, -0.2) is 21.6 Å². The van der Waals surface area contributed by atoms with E-state index in [1.165, 1.54) is 5.56 Å². The maximum absolute atomic E-state index is 12.1. The zero-order chi connectivity index (χ0) is 17.0. The lowest BCUT2D eigenvalue weighted by Gasteiger charge is -2.31. The van der Waals surface area contributed by atoms with Crippen LogP contribution >= 0.6 is 0 Å². The molecule has 0 spiro atoms. The van der Waals surface area contributed by atoms with E-state index in [4.69, 9.17) is 4.42 Å². The lowest BCUT2D eigenvalue weighted by atomic mass is 9.82. The van der Waals surface area contributed by atoms with Crippen LogP contribution in [0, 0.1) is 6.92 Å². The number of carbonyl (C=O) groups is 1. The number of aliphatic hydroxyl groups is 1. The van der Waals surface area contributed by atoms with Crippen molar-refractivity contribution >= 4 is 5.91 Å². The maximum atomic E-state index is 12.1. The van der Waals surface area contributed by atoms with Gasteiger partial charge in [0.25, 0.3) is 0 Å². The molecule has 0 saturated heterocycles. The van der Waals surface area contributed by atoms with Crippen molar-refractivity contribution in [2.24, 2.45) is 0 Å². The van der Waals surface area contributed by atoms with Gasteiger partial charge in [0.2, 0.25) is 11.8 Å². The Morgan fingerprint density at radius 2 is 1.96 bits per heavy atom. The Morgan fingerprint density at radius 1 is 1.25 bits per heavy atom. The van der Waals surface area contributed by atoms with E-state index >= 15 is 0 Å². The first-order valence-corrected chi connectivity index (χ1v) is 8.55. The second-order valence-corrected chi connectivity index (χ2v) is 6.75. The van der Waals surface area contributed by atoms with Crippen molar-refractivity contribution in [3.63, 3.8) is 0 Å². The standard InChI is InChI=1S/C19H24N2O3/c1-14-5-7-15(8-6-14)18-21-16(13-24-18)12-20-17(22)11-19(23)9-3-2-4-10-19/h5-8,13,23H,2-4,9-12H2,1H3,(H,20,22). The lowest BCUT2D eigenvalue weighted by molar-refractivity contribution is -0.127. The third kappa shape index (κ3) is 4.23. The van der Waals surface area contributed by atoms with E-state index in [1.807, 2.05) is 31.2 Å². The van der Waals surface area contributed by atoms with Gasteiger partial charge in [0, 0.05) is 5.56 Å². The number of amides is 1. The van der Waals surface area contributed by atoms with E-state index in [2.05, 4.69) is 10.3 Å². The smallest absolute Gasteiger partial charge is 0.226 e. The first-order valence-electron chi connectivity index (χ1n) is 8.55. The molecule has 0 unspecified atom stereocenters. The molecule has 1 fully saturated rings. The van der Waals surface area contributed by atoms with Gasteiger partial charge in [-0.05, 0) is 31.9 Å². The number of benzene rings is 1. The van der Waals surface area contributed by atoms with E-state index in [0.29, 0.717) is 31.0 Å². The van der Waals surface area contributed by atoms with Crippen LogP contribution in [0.5, 0.6) is 0 Å². The molecule has 1 aliphatic carbocycles. The van der Waals surface area contributed by atoms with Crippen molar-refractivity contribution in [2.75, 3.05) is 0 Å². The summed E-state index contributed by atoms with van der Waals surface area (Å²) in [5.41, 5.74) is 1.93. The molecule has 0 atom stereocenters. The topological polar surface area (TPSA) is 75.4 Å². The SMILES string of the molecule is Cc1ccc(-c2nc(CNC(=O)CC3(O)CCCCC3)co2)cc1. The number of hydrogen-bond acceptors (Lipinski definition) is 4. The molecule has 3 rings (SSSR count). The second kappa shape index (κ2) is 7.18. The van der Waals surface area contributed by atoms with E-state index < -0.39 is 5.60 Å². The normalized spacial score (nSPS) is 16.8. The molecule has 2 N–H and O–H groups in total. The van der Waals surface area contributed by atoms with Gasteiger partial charge in [0.15, 0.2) is 0 Å². The third-order valence-electron chi connectivity index (χ3n) is 4.59. The summed E-state index contributed by atoms with van der Waals surface area (Å²) in [5, 5.41) is 13.2. The minimum atomic E-state index is -0.834. The van der Waals surface area contributed by atoms with Crippen molar-refractivity contribution in [2.45, 2.75) is 57.6 Å². The molecule has 0 aliphatic heterocycles. The van der Waals surface area contributed by atoms with E-state index in [1.54, 1.807) is 6.26 Å². The highest BCUT2D eigenvalue weighted by molar-refractivity contribution is 5.77. The maximum Gasteiger partial charge on any atom is 0.226 e. The van der Waals surface area contributed by atoms with Gasteiger partial charge in [-0.3, -0.25) is 4.79 Å². The summed E-state index contributed by atoms with van der Waals surface area (Å²) in [6, 6.07) is 7.93. The number of carbonyl (C=O) groups excluding carboxylic acids is 1. The summed E-state index contributed by atoms with van der Waals surface area (Å²) in [7, 11) is 0. The van der Waals surface area contributed by atoms with Gasteiger partial charge < -0.3 is 14.8 Å². The predicted molar refractivity (Wildman–Crippen MR) is 91.2 cm³/mol. The largest absolute Gasteiger partial charge is 0.444 e. The highest BCUT2D eigenvalue weighted by atomic mass is 16.3. The molecule has 5 heteroatoms. The van der Waals surface area contributed by atoms with Crippen LogP contribution in [0.2, 0.25) is 0 Å². The quantitative estimate of drug-likeness (QED) is 0.882. The molecule has 24 heavy (non-hydrogen) atoms. The van der Waals surface area contributed by atoms with Gasteiger partial charge in [-0.25, -0.2) is 4.98 Å². The van der Waals surface area contributed by atoms with Crippen LogP contribution in [0.15, 0.2) is 34.9 Å². The zero-order valence-electron chi connectivity index (χ0n) is 14.0. The van der Waals surface area contributed by atoms with Crippen LogP contribution in [0.4, 0.5) is 0 Å². The van der Waals surface area contributed by atoms with E-state index in [0.717, 1.165) is 24.8 Å². The van der Waals surface area contributed by atoms with Gasteiger partial charge in [-0.2, -0.15) is 0 Å².